The second-order valence-corrected chi connectivity index (χ2v) is 4.47. The molecule has 0 spiro atoms. The Balaban J connectivity index is 2.16. The topological polar surface area (TPSA) is 33.0 Å². The first-order chi connectivity index (χ1) is 8.69. The summed E-state index contributed by atoms with van der Waals surface area (Å²) in [6.45, 7) is 4.32. The summed E-state index contributed by atoms with van der Waals surface area (Å²) in [5, 5.41) is 8.82. The number of nitriles is 1. The summed E-state index contributed by atoms with van der Waals surface area (Å²) < 4.78 is 5.70. The molecule has 2 rings (SSSR count). The molecular formula is C16H15NO. The third-order valence-electron chi connectivity index (χ3n) is 2.75. The van der Waals surface area contributed by atoms with E-state index in [0.29, 0.717) is 17.2 Å². The van der Waals surface area contributed by atoms with Gasteiger partial charge in [-0.3, -0.25) is 0 Å². The van der Waals surface area contributed by atoms with E-state index >= 15 is 0 Å². The molecule has 0 aliphatic carbocycles. The van der Waals surface area contributed by atoms with Crippen molar-refractivity contribution in [3.8, 4) is 17.6 Å². The number of hydrogen-bond acceptors (Lipinski definition) is 2. The van der Waals surface area contributed by atoms with E-state index in [1.807, 2.05) is 24.3 Å². The molecule has 0 saturated carbocycles. The molecule has 2 nitrogen and oxygen atoms in total. The standard InChI is InChI=1S/C16H15NO/c1-12(2)14-6-8-15(9-7-14)18-16-5-3-4-13(10-16)11-17/h3-10,12H,1-2H3. The lowest BCUT2D eigenvalue weighted by atomic mass is 10.0. The van der Waals surface area contributed by atoms with Crippen LogP contribution in [0.1, 0.15) is 30.9 Å². The Hall–Kier alpha value is -2.27. The maximum Gasteiger partial charge on any atom is 0.128 e. The fraction of sp³-hybridized carbons (Fsp3) is 0.188. The largest absolute Gasteiger partial charge is 0.457 e. The molecule has 90 valence electrons. The Morgan fingerprint density at radius 1 is 1.00 bits per heavy atom. The molecule has 0 amide bonds. The predicted molar refractivity (Wildman–Crippen MR) is 71.8 cm³/mol. The van der Waals surface area contributed by atoms with Gasteiger partial charge in [0.05, 0.1) is 11.6 Å². The van der Waals surface area contributed by atoms with Crippen LogP contribution in [-0.2, 0) is 0 Å². The van der Waals surface area contributed by atoms with Gasteiger partial charge in [0.15, 0.2) is 0 Å². The molecule has 0 bridgehead atoms. The van der Waals surface area contributed by atoms with Gasteiger partial charge in [-0.15, -0.1) is 0 Å². The first kappa shape index (κ1) is 12.2. The summed E-state index contributed by atoms with van der Waals surface area (Å²) in [6.07, 6.45) is 0. The lowest BCUT2D eigenvalue weighted by Crippen LogP contribution is -1.88. The van der Waals surface area contributed by atoms with Crippen LogP contribution in [0.5, 0.6) is 11.5 Å². The molecule has 0 heterocycles. The van der Waals surface area contributed by atoms with E-state index in [4.69, 9.17) is 10.00 Å². The molecule has 2 aromatic rings. The highest BCUT2D eigenvalue weighted by molar-refractivity contribution is 5.39. The third kappa shape index (κ3) is 2.89. The van der Waals surface area contributed by atoms with E-state index < -0.39 is 0 Å². The van der Waals surface area contributed by atoms with E-state index in [9.17, 15) is 0 Å². The van der Waals surface area contributed by atoms with Crippen LogP contribution in [0.3, 0.4) is 0 Å². The van der Waals surface area contributed by atoms with Gasteiger partial charge in [0.1, 0.15) is 11.5 Å². The summed E-state index contributed by atoms with van der Waals surface area (Å²) in [4.78, 5) is 0. The van der Waals surface area contributed by atoms with Gasteiger partial charge in [0, 0.05) is 0 Å². The second-order valence-electron chi connectivity index (χ2n) is 4.47. The van der Waals surface area contributed by atoms with Crippen molar-refractivity contribution >= 4 is 0 Å². The summed E-state index contributed by atoms with van der Waals surface area (Å²) >= 11 is 0. The van der Waals surface area contributed by atoms with Crippen LogP contribution in [0.25, 0.3) is 0 Å². The first-order valence-electron chi connectivity index (χ1n) is 5.97. The van der Waals surface area contributed by atoms with Crippen molar-refractivity contribution in [2.45, 2.75) is 19.8 Å². The number of ether oxygens (including phenoxy) is 1. The van der Waals surface area contributed by atoms with Crippen LogP contribution in [0.2, 0.25) is 0 Å². The lowest BCUT2D eigenvalue weighted by molar-refractivity contribution is 0.482. The maximum absolute atomic E-state index is 8.82. The van der Waals surface area contributed by atoms with Crippen molar-refractivity contribution in [1.82, 2.24) is 0 Å². The third-order valence-corrected chi connectivity index (χ3v) is 2.75. The van der Waals surface area contributed by atoms with E-state index in [1.165, 1.54) is 5.56 Å². The smallest absolute Gasteiger partial charge is 0.128 e. The molecule has 2 heteroatoms. The lowest BCUT2D eigenvalue weighted by Gasteiger charge is -2.08. The van der Waals surface area contributed by atoms with Gasteiger partial charge in [0.25, 0.3) is 0 Å². The first-order valence-corrected chi connectivity index (χ1v) is 5.97. The Labute approximate surface area is 107 Å². The minimum absolute atomic E-state index is 0.515. The zero-order valence-electron chi connectivity index (χ0n) is 10.6. The van der Waals surface area contributed by atoms with E-state index in [2.05, 4.69) is 32.0 Å². The van der Waals surface area contributed by atoms with Crippen LogP contribution < -0.4 is 4.74 Å². The highest BCUT2D eigenvalue weighted by Gasteiger charge is 2.01. The molecule has 0 aliphatic rings. The van der Waals surface area contributed by atoms with Crippen molar-refractivity contribution in [2.75, 3.05) is 0 Å². The number of hydrogen-bond donors (Lipinski definition) is 0. The van der Waals surface area contributed by atoms with E-state index in [0.717, 1.165) is 5.75 Å². The highest BCUT2D eigenvalue weighted by atomic mass is 16.5. The van der Waals surface area contributed by atoms with Crippen LogP contribution in [0, 0.1) is 11.3 Å². The van der Waals surface area contributed by atoms with Crippen molar-refractivity contribution in [3.63, 3.8) is 0 Å². The van der Waals surface area contributed by atoms with Crippen LogP contribution >= 0.6 is 0 Å². The van der Waals surface area contributed by atoms with Gasteiger partial charge < -0.3 is 4.74 Å². The van der Waals surface area contributed by atoms with Gasteiger partial charge >= 0.3 is 0 Å². The SMILES string of the molecule is CC(C)c1ccc(Oc2cccc(C#N)c2)cc1. The Kier molecular flexibility index (Phi) is 3.64. The molecule has 18 heavy (non-hydrogen) atoms. The quantitative estimate of drug-likeness (QED) is 0.788. The highest BCUT2D eigenvalue weighted by Crippen LogP contribution is 2.24. The molecule has 0 saturated heterocycles. The second kappa shape index (κ2) is 5.37. The Morgan fingerprint density at radius 3 is 2.33 bits per heavy atom. The normalized spacial score (nSPS) is 10.1. The van der Waals surface area contributed by atoms with Crippen molar-refractivity contribution in [3.05, 3.63) is 59.7 Å². The fourth-order valence-corrected chi connectivity index (χ4v) is 1.69. The summed E-state index contributed by atoms with van der Waals surface area (Å²) in [5.74, 6) is 1.99. The zero-order valence-corrected chi connectivity index (χ0v) is 10.6. The number of rotatable bonds is 3. The minimum atomic E-state index is 0.515. The molecule has 0 N–H and O–H groups in total. The minimum Gasteiger partial charge on any atom is -0.457 e. The monoisotopic (exact) mass is 237 g/mol. The van der Waals surface area contributed by atoms with Crippen LogP contribution in [-0.4, -0.2) is 0 Å². The average molecular weight is 237 g/mol. The van der Waals surface area contributed by atoms with Gasteiger partial charge in [-0.25, -0.2) is 0 Å². The molecule has 2 aromatic carbocycles. The molecule has 0 aromatic heterocycles. The zero-order chi connectivity index (χ0) is 13.0. The van der Waals surface area contributed by atoms with Crippen LogP contribution in [0.15, 0.2) is 48.5 Å². The van der Waals surface area contributed by atoms with Crippen molar-refractivity contribution in [1.29, 1.82) is 5.26 Å². The molecule has 0 fully saturated rings. The molecule has 0 atom stereocenters. The van der Waals surface area contributed by atoms with Gasteiger partial charge in [-0.1, -0.05) is 32.0 Å². The van der Waals surface area contributed by atoms with Gasteiger partial charge in [-0.05, 0) is 41.8 Å². The summed E-state index contributed by atoms with van der Waals surface area (Å²) in [6, 6.07) is 17.3. The molecule has 0 unspecified atom stereocenters. The van der Waals surface area contributed by atoms with Gasteiger partial charge in [0.2, 0.25) is 0 Å². The van der Waals surface area contributed by atoms with E-state index in [-0.39, 0.29) is 0 Å². The Morgan fingerprint density at radius 2 is 1.72 bits per heavy atom. The summed E-state index contributed by atoms with van der Waals surface area (Å²) in [5.41, 5.74) is 1.89. The van der Waals surface area contributed by atoms with Crippen molar-refractivity contribution in [2.24, 2.45) is 0 Å². The molecule has 0 aliphatic heterocycles. The average Bonchev–Trinajstić information content (AvgIpc) is 2.39. The summed E-state index contributed by atoms with van der Waals surface area (Å²) in [7, 11) is 0. The molecule has 0 radical (unpaired) electrons. The van der Waals surface area contributed by atoms with Gasteiger partial charge in [-0.2, -0.15) is 5.26 Å². The Bertz CT molecular complexity index is 564. The maximum atomic E-state index is 8.82. The fourth-order valence-electron chi connectivity index (χ4n) is 1.69. The number of benzene rings is 2. The van der Waals surface area contributed by atoms with E-state index in [1.54, 1.807) is 12.1 Å². The van der Waals surface area contributed by atoms with Crippen LogP contribution in [0.4, 0.5) is 0 Å². The molecular weight excluding hydrogens is 222 g/mol. The predicted octanol–water partition coefficient (Wildman–Crippen LogP) is 4.47. The van der Waals surface area contributed by atoms with Crippen molar-refractivity contribution < 1.29 is 4.74 Å². The number of nitrogens with zero attached hydrogens (tertiary/aromatic N) is 1.